The van der Waals surface area contributed by atoms with Gasteiger partial charge in [0.2, 0.25) is 0 Å². The first-order valence-electron chi connectivity index (χ1n) is 6.25. The van der Waals surface area contributed by atoms with Gasteiger partial charge in [0.15, 0.2) is 0 Å². The van der Waals surface area contributed by atoms with Gasteiger partial charge in [-0.15, -0.1) is 0 Å². The van der Waals surface area contributed by atoms with Crippen LogP contribution in [-0.2, 0) is 6.54 Å². The number of pyridine rings is 1. The first-order valence-corrected chi connectivity index (χ1v) is 6.25. The highest BCUT2D eigenvalue weighted by molar-refractivity contribution is 5.52. The molecular formula is C14H19N3O2. The smallest absolute Gasteiger partial charge is 0.266 e. The quantitative estimate of drug-likeness (QED) is 0.909. The highest BCUT2D eigenvalue weighted by Gasteiger charge is 2.03. The molecule has 0 aliphatic carbocycles. The van der Waals surface area contributed by atoms with Crippen molar-refractivity contribution in [2.45, 2.75) is 26.3 Å². The monoisotopic (exact) mass is 261 g/mol. The van der Waals surface area contributed by atoms with Crippen molar-refractivity contribution in [3.8, 4) is 11.4 Å². The van der Waals surface area contributed by atoms with Crippen LogP contribution >= 0.6 is 0 Å². The Labute approximate surface area is 112 Å². The van der Waals surface area contributed by atoms with Crippen molar-refractivity contribution in [2.75, 3.05) is 7.11 Å². The van der Waals surface area contributed by atoms with Crippen molar-refractivity contribution in [3.05, 3.63) is 46.9 Å². The molecule has 0 atom stereocenters. The van der Waals surface area contributed by atoms with E-state index in [0.717, 1.165) is 31.3 Å². The van der Waals surface area contributed by atoms with Gasteiger partial charge in [-0.1, -0.05) is 19.4 Å². The summed E-state index contributed by atoms with van der Waals surface area (Å²) in [5.74, 6) is 0. The van der Waals surface area contributed by atoms with E-state index in [1.165, 1.54) is 4.68 Å². The normalized spacial score (nSPS) is 9.63. The van der Waals surface area contributed by atoms with Gasteiger partial charge >= 0.3 is 0 Å². The summed E-state index contributed by atoms with van der Waals surface area (Å²) in [6.45, 7) is 2.75. The van der Waals surface area contributed by atoms with Crippen LogP contribution in [0.15, 0.2) is 41.3 Å². The summed E-state index contributed by atoms with van der Waals surface area (Å²) in [6, 6.07) is 8.92. The Bertz CT molecular complexity index is 538. The fourth-order valence-corrected chi connectivity index (χ4v) is 1.57. The molecule has 0 unspecified atom stereocenters. The molecule has 0 saturated carbocycles. The SMILES string of the molecule is CCCCn1nc(-c2ccccn2)ccc1=O.CO. The summed E-state index contributed by atoms with van der Waals surface area (Å²) in [5, 5.41) is 11.3. The van der Waals surface area contributed by atoms with Crippen LogP contribution < -0.4 is 5.56 Å². The van der Waals surface area contributed by atoms with Crippen LogP contribution in [0.5, 0.6) is 0 Å². The van der Waals surface area contributed by atoms with Gasteiger partial charge in [-0.2, -0.15) is 5.10 Å². The molecule has 0 aromatic carbocycles. The Hall–Kier alpha value is -2.01. The second-order valence-corrected chi connectivity index (χ2v) is 3.85. The topological polar surface area (TPSA) is 68.0 Å². The van der Waals surface area contributed by atoms with Gasteiger partial charge in [0.05, 0.1) is 5.69 Å². The summed E-state index contributed by atoms with van der Waals surface area (Å²) in [6.07, 6.45) is 3.72. The van der Waals surface area contributed by atoms with Gasteiger partial charge < -0.3 is 5.11 Å². The van der Waals surface area contributed by atoms with Crippen molar-refractivity contribution < 1.29 is 5.11 Å². The Balaban J connectivity index is 0.000000861. The molecule has 2 aromatic rings. The number of nitrogens with zero attached hydrogens (tertiary/aromatic N) is 3. The Morgan fingerprint density at radius 2 is 1.95 bits per heavy atom. The van der Waals surface area contributed by atoms with Crippen molar-refractivity contribution in [3.63, 3.8) is 0 Å². The zero-order chi connectivity index (χ0) is 14.1. The molecule has 102 valence electrons. The Morgan fingerprint density at radius 3 is 2.58 bits per heavy atom. The fraction of sp³-hybridized carbons (Fsp3) is 0.357. The highest BCUT2D eigenvalue weighted by Crippen LogP contribution is 2.10. The number of hydrogen-bond donors (Lipinski definition) is 1. The molecule has 0 radical (unpaired) electrons. The van der Waals surface area contributed by atoms with E-state index in [4.69, 9.17) is 5.11 Å². The number of aliphatic hydroxyl groups excluding tert-OH is 1. The van der Waals surface area contributed by atoms with E-state index in [1.54, 1.807) is 18.3 Å². The van der Waals surface area contributed by atoms with E-state index < -0.39 is 0 Å². The molecule has 2 aromatic heterocycles. The molecule has 0 saturated heterocycles. The minimum atomic E-state index is -0.0573. The second-order valence-electron chi connectivity index (χ2n) is 3.85. The Morgan fingerprint density at radius 1 is 1.16 bits per heavy atom. The largest absolute Gasteiger partial charge is 0.400 e. The van der Waals surface area contributed by atoms with E-state index in [1.807, 2.05) is 18.2 Å². The van der Waals surface area contributed by atoms with Gasteiger partial charge in [-0.3, -0.25) is 9.78 Å². The van der Waals surface area contributed by atoms with Gasteiger partial charge in [-0.05, 0) is 24.6 Å². The van der Waals surface area contributed by atoms with Gasteiger partial charge in [-0.25, -0.2) is 4.68 Å². The number of aryl methyl sites for hydroxylation is 1. The summed E-state index contributed by atoms with van der Waals surface area (Å²) < 4.78 is 1.51. The molecule has 0 amide bonds. The van der Waals surface area contributed by atoms with Crippen molar-refractivity contribution in [2.24, 2.45) is 0 Å². The maximum Gasteiger partial charge on any atom is 0.266 e. The lowest BCUT2D eigenvalue weighted by Gasteiger charge is -2.05. The van der Waals surface area contributed by atoms with Crippen LogP contribution in [-0.4, -0.2) is 27.0 Å². The van der Waals surface area contributed by atoms with Crippen LogP contribution in [0, 0.1) is 0 Å². The summed E-state index contributed by atoms with van der Waals surface area (Å²) in [4.78, 5) is 15.8. The van der Waals surface area contributed by atoms with Gasteiger partial charge in [0.25, 0.3) is 5.56 Å². The van der Waals surface area contributed by atoms with Crippen molar-refractivity contribution in [1.29, 1.82) is 0 Å². The minimum Gasteiger partial charge on any atom is -0.400 e. The lowest BCUT2D eigenvalue weighted by molar-refractivity contribution is 0.399. The lowest BCUT2D eigenvalue weighted by Crippen LogP contribution is -2.22. The van der Waals surface area contributed by atoms with E-state index in [0.29, 0.717) is 6.54 Å². The highest BCUT2D eigenvalue weighted by atomic mass is 16.2. The van der Waals surface area contributed by atoms with Crippen molar-refractivity contribution in [1.82, 2.24) is 14.8 Å². The van der Waals surface area contributed by atoms with Crippen LogP contribution in [0.4, 0.5) is 0 Å². The molecular weight excluding hydrogens is 242 g/mol. The molecule has 0 fully saturated rings. The van der Waals surface area contributed by atoms with E-state index in [-0.39, 0.29) is 5.56 Å². The number of unbranched alkanes of at least 4 members (excludes halogenated alkanes) is 1. The zero-order valence-electron chi connectivity index (χ0n) is 11.3. The molecule has 0 aliphatic rings. The third-order valence-electron chi connectivity index (χ3n) is 2.52. The maximum absolute atomic E-state index is 11.6. The second kappa shape index (κ2) is 8.16. The number of aliphatic hydroxyl groups is 1. The molecule has 0 aliphatic heterocycles. The van der Waals surface area contributed by atoms with Crippen molar-refractivity contribution >= 4 is 0 Å². The predicted octanol–water partition coefficient (Wildman–Crippen LogP) is 1.71. The summed E-state index contributed by atoms with van der Waals surface area (Å²) >= 11 is 0. The fourth-order valence-electron chi connectivity index (χ4n) is 1.57. The van der Waals surface area contributed by atoms with Crippen LogP contribution in [0.25, 0.3) is 11.4 Å². The molecule has 2 rings (SSSR count). The summed E-state index contributed by atoms with van der Waals surface area (Å²) in [5.41, 5.74) is 1.47. The van der Waals surface area contributed by atoms with E-state index in [2.05, 4.69) is 17.0 Å². The molecule has 5 nitrogen and oxygen atoms in total. The third-order valence-corrected chi connectivity index (χ3v) is 2.52. The first kappa shape index (κ1) is 15.0. The maximum atomic E-state index is 11.6. The standard InChI is InChI=1S/C13H15N3O.CH4O/c1-2-3-10-16-13(17)8-7-12(15-16)11-6-4-5-9-14-11;1-2/h4-9H,2-3,10H2,1H3;2H,1H3. The first-order chi connectivity index (χ1) is 9.31. The predicted molar refractivity (Wildman–Crippen MR) is 74.8 cm³/mol. The van der Waals surface area contributed by atoms with E-state index in [9.17, 15) is 4.79 Å². The van der Waals surface area contributed by atoms with E-state index >= 15 is 0 Å². The van der Waals surface area contributed by atoms with Gasteiger partial charge in [0.1, 0.15) is 5.69 Å². The van der Waals surface area contributed by atoms with Gasteiger partial charge in [0, 0.05) is 25.9 Å². The average molecular weight is 261 g/mol. The Kier molecular flexibility index (Phi) is 6.46. The minimum absolute atomic E-state index is 0.0573. The number of hydrogen-bond acceptors (Lipinski definition) is 4. The molecule has 0 spiro atoms. The number of rotatable bonds is 4. The zero-order valence-corrected chi connectivity index (χ0v) is 11.3. The molecule has 2 heterocycles. The lowest BCUT2D eigenvalue weighted by atomic mass is 10.2. The van der Waals surface area contributed by atoms with Crippen LogP contribution in [0.3, 0.4) is 0 Å². The van der Waals surface area contributed by atoms with Crippen LogP contribution in [0.2, 0.25) is 0 Å². The number of aromatic nitrogens is 3. The molecule has 0 bridgehead atoms. The molecule has 5 heteroatoms. The average Bonchev–Trinajstić information content (AvgIpc) is 2.49. The molecule has 19 heavy (non-hydrogen) atoms. The molecule has 1 N–H and O–H groups in total. The summed E-state index contributed by atoms with van der Waals surface area (Å²) in [7, 11) is 1.00. The third kappa shape index (κ3) is 4.30. The van der Waals surface area contributed by atoms with Crippen LogP contribution in [0.1, 0.15) is 19.8 Å².